The second-order valence-corrected chi connectivity index (χ2v) is 5.07. The summed E-state index contributed by atoms with van der Waals surface area (Å²) in [4.78, 5) is 0. The van der Waals surface area contributed by atoms with E-state index < -0.39 is 6.10 Å². The highest BCUT2D eigenvalue weighted by Crippen LogP contribution is 2.28. The molecule has 2 unspecified atom stereocenters. The number of methoxy groups -OCH3 is 1. The van der Waals surface area contributed by atoms with Crippen LogP contribution in [0.2, 0.25) is 0 Å². The number of hydrogen-bond donors (Lipinski definition) is 3. The van der Waals surface area contributed by atoms with Crippen molar-refractivity contribution in [2.75, 3.05) is 26.9 Å². The van der Waals surface area contributed by atoms with Gasteiger partial charge in [0.05, 0.1) is 13.7 Å². The van der Waals surface area contributed by atoms with Crippen LogP contribution in [0.3, 0.4) is 0 Å². The Morgan fingerprint density at radius 1 is 1.32 bits per heavy atom. The van der Waals surface area contributed by atoms with Crippen LogP contribution in [0.25, 0.3) is 6.08 Å². The van der Waals surface area contributed by atoms with E-state index in [1.165, 1.54) is 0 Å². The van der Waals surface area contributed by atoms with Gasteiger partial charge in [-0.15, -0.1) is 0 Å². The van der Waals surface area contributed by atoms with Crippen molar-refractivity contribution in [1.82, 2.24) is 5.32 Å². The summed E-state index contributed by atoms with van der Waals surface area (Å²) in [5.74, 6) is 1.24. The zero-order valence-electron chi connectivity index (χ0n) is 13.6. The number of allylic oxidation sites excluding steroid dienone is 1. The topological polar surface area (TPSA) is 71.0 Å². The molecule has 0 heterocycles. The monoisotopic (exact) mass is 309 g/mol. The van der Waals surface area contributed by atoms with Crippen LogP contribution in [0.1, 0.15) is 25.8 Å². The quantitative estimate of drug-likeness (QED) is 0.615. The maximum atomic E-state index is 9.93. The average Bonchev–Trinajstić information content (AvgIpc) is 2.54. The molecule has 5 heteroatoms. The van der Waals surface area contributed by atoms with E-state index in [1.54, 1.807) is 7.11 Å². The first-order chi connectivity index (χ1) is 10.6. The standard InChI is InChI=1S/C17H27NO4/c1-4-6-13-7-8-16(17(9-13)21-3)22-12-15(20)10-18-14(5-2)11-19/h4,6-9,14-15,18-20H,5,10-12H2,1-3H3/b6-4+. The van der Waals surface area contributed by atoms with Gasteiger partial charge >= 0.3 is 0 Å². The van der Waals surface area contributed by atoms with Crippen molar-refractivity contribution in [3.05, 3.63) is 29.8 Å². The van der Waals surface area contributed by atoms with Crippen LogP contribution in [-0.2, 0) is 0 Å². The summed E-state index contributed by atoms with van der Waals surface area (Å²) in [6.45, 7) is 4.53. The molecule has 0 fully saturated rings. The molecule has 1 aromatic carbocycles. The molecule has 0 amide bonds. The van der Waals surface area contributed by atoms with E-state index >= 15 is 0 Å². The lowest BCUT2D eigenvalue weighted by molar-refractivity contribution is 0.0980. The van der Waals surface area contributed by atoms with Gasteiger partial charge < -0.3 is 25.0 Å². The van der Waals surface area contributed by atoms with Crippen LogP contribution < -0.4 is 14.8 Å². The van der Waals surface area contributed by atoms with Gasteiger partial charge in [0.15, 0.2) is 11.5 Å². The largest absolute Gasteiger partial charge is 0.493 e. The Morgan fingerprint density at radius 3 is 2.68 bits per heavy atom. The van der Waals surface area contributed by atoms with Crippen LogP contribution in [0, 0.1) is 0 Å². The van der Waals surface area contributed by atoms with Crippen molar-refractivity contribution in [2.24, 2.45) is 0 Å². The minimum atomic E-state index is -0.652. The molecule has 3 N–H and O–H groups in total. The summed E-state index contributed by atoms with van der Waals surface area (Å²) in [5, 5.41) is 22.1. The molecule has 0 radical (unpaired) electrons. The first-order valence-electron chi connectivity index (χ1n) is 7.60. The van der Waals surface area contributed by atoms with Gasteiger partial charge in [0.25, 0.3) is 0 Å². The summed E-state index contributed by atoms with van der Waals surface area (Å²) >= 11 is 0. The minimum Gasteiger partial charge on any atom is -0.493 e. The van der Waals surface area contributed by atoms with Crippen molar-refractivity contribution in [3.8, 4) is 11.5 Å². The molecule has 124 valence electrons. The van der Waals surface area contributed by atoms with Gasteiger partial charge in [0.1, 0.15) is 12.7 Å². The predicted molar refractivity (Wildman–Crippen MR) is 88.4 cm³/mol. The second kappa shape index (κ2) is 10.2. The zero-order chi connectivity index (χ0) is 16.4. The fourth-order valence-electron chi connectivity index (χ4n) is 1.99. The Bertz CT molecular complexity index is 458. The first-order valence-corrected chi connectivity index (χ1v) is 7.60. The highest BCUT2D eigenvalue weighted by molar-refractivity contribution is 5.55. The third kappa shape index (κ3) is 6.05. The minimum absolute atomic E-state index is 0.00398. The lowest BCUT2D eigenvalue weighted by atomic mass is 10.2. The highest BCUT2D eigenvalue weighted by atomic mass is 16.5. The SMILES string of the molecule is C/C=C/c1ccc(OCC(O)CNC(CC)CO)c(OC)c1. The molecule has 5 nitrogen and oxygen atoms in total. The van der Waals surface area contributed by atoms with Crippen molar-refractivity contribution >= 4 is 6.08 Å². The van der Waals surface area contributed by atoms with Crippen LogP contribution in [0.4, 0.5) is 0 Å². The van der Waals surface area contributed by atoms with Gasteiger partial charge in [-0.1, -0.05) is 25.1 Å². The van der Waals surface area contributed by atoms with Gasteiger partial charge in [-0.25, -0.2) is 0 Å². The van der Waals surface area contributed by atoms with Crippen LogP contribution in [0.15, 0.2) is 24.3 Å². The number of aliphatic hydroxyl groups excluding tert-OH is 2. The summed E-state index contributed by atoms with van der Waals surface area (Å²) in [7, 11) is 1.59. The maximum Gasteiger partial charge on any atom is 0.161 e. The molecule has 22 heavy (non-hydrogen) atoms. The van der Waals surface area contributed by atoms with Crippen molar-refractivity contribution in [1.29, 1.82) is 0 Å². The number of ether oxygens (including phenoxy) is 2. The molecule has 0 aromatic heterocycles. The number of aliphatic hydroxyl groups is 2. The van der Waals surface area contributed by atoms with Crippen LogP contribution in [0.5, 0.6) is 11.5 Å². The van der Waals surface area contributed by atoms with E-state index in [-0.39, 0.29) is 19.3 Å². The molecule has 0 aliphatic rings. The van der Waals surface area contributed by atoms with E-state index in [9.17, 15) is 5.11 Å². The summed E-state index contributed by atoms with van der Waals surface area (Å²) < 4.78 is 10.9. The third-order valence-corrected chi connectivity index (χ3v) is 3.33. The maximum absolute atomic E-state index is 9.93. The summed E-state index contributed by atoms with van der Waals surface area (Å²) in [6.07, 6.45) is 4.09. The number of nitrogens with one attached hydrogen (secondary N) is 1. The van der Waals surface area contributed by atoms with E-state index in [0.717, 1.165) is 12.0 Å². The van der Waals surface area contributed by atoms with Gasteiger partial charge in [0, 0.05) is 12.6 Å². The molecule has 0 aliphatic heterocycles. The lowest BCUT2D eigenvalue weighted by Crippen LogP contribution is -2.39. The van der Waals surface area contributed by atoms with Gasteiger partial charge in [-0.3, -0.25) is 0 Å². The first kappa shape index (κ1) is 18.5. The molecular weight excluding hydrogens is 282 g/mol. The average molecular weight is 309 g/mol. The van der Waals surface area contributed by atoms with E-state index in [0.29, 0.717) is 18.0 Å². The molecule has 1 rings (SSSR count). The Kier molecular flexibility index (Phi) is 8.58. The molecule has 0 spiro atoms. The van der Waals surface area contributed by atoms with E-state index in [4.69, 9.17) is 14.6 Å². The molecule has 2 atom stereocenters. The fraction of sp³-hybridized carbons (Fsp3) is 0.529. The van der Waals surface area contributed by atoms with Gasteiger partial charge in [-0.05, 0) is 31.0 Å². The van der Waals surface area contributed by atoms with E-state index in [2.05, 4.69) is 5.32 Å². The molecule has 1 aromatic rings. The zero-order valence-corrected chi connectivity index (χ0v) is 13.6. The van der Waals surface area contributed by atoms with Crippen molar-refractivity contribution in [3.63, 3.8) is 0 Å². The number of hydrogen-bond acceptors (Lipinski definition) is 5. The number of benzene rings is 1. The fourth-order valence-corrected chi connectivity index (χ4v) is 1.99. The predicted octanol–water partition coefficient (Wildman–Crippen LogP) is 1.83. The van der Waals surface area contributed by atoms with Crippen LogP contribution in [-0.4, -0.2) is 49.2 Å². The Balaban J connectivity index is 2.52. The lowest BCUT2D eigenvalue weighted by Gasteiger charge is -2.18. The van der Waals surface area contributed by atoms with Gasteiger partial charge in [-0.2, -0.15) is 0 Å². The normalized spacial score (nSPS) is 14.0. The van der Waals surface area contributed by atoms with Crippen LogP contribution >= 0.6 is 0 Å². The molecule has 0 bridgehead atoms. The molecule has 0 aliphatic carbocycles. The van der Waals surface area contributed by atoms with E-state index in [1.807, 2.05) is 44.2 Å². The Morgan fingerprint density at radius 2 is 2.09 bits per heavy atom. The highest BCUT2D eigenvalue weighted by Gasteiger charge is 2.11. The summed E-state index contributed by atoms with van der Waals surface area (Å²) in [6, 6.07) is 5.65. The third-order valence-electron chi connectivity index (χ3n) is 3.33. The Hall–Kier alpha value is -1.56. The summed E-state index contributed by atoms with van der Waals surface area (Å²) in [5.41, 5.74) is 1.03. The molecule has 0 saturated heterocycles. The molecular formula is C17H27NO4. The van der Waals surface area contributed by atoms with Gasteiger partial charge in [0.2, 0.25) is 0 Å². The Labute approximate surface area is 132 Å². The second-order valence-electron chi connectivity index (χ2n) is 5.07. The van der Waals surface area contributed by atoms with Crippen molar-refractivity contribution < 1.29 is 19.7 Å². The number of rotatable bonds is 10. The molecule has 0 saturated carbocycles. The smallest absolute Gasteiger partial charge is 0.161 e. The van der Waals surface area contributed by atoms with Crippen molar-refractivity contribution in [2.45, 2.75) is 32.4 Å².